The van der Waals surface area contributed by atoms with Crippen LogP contribution in [0, 0.1) is 0 Å². The Morgan fingerprint density at radius 2 is 1.97 bits per heavy atom. The normalized spacial score (nSPS) is 19.2. The van der Waals surface area contributed by atoms with E-state index in [1.54, 1.807) is 23.2 Å². The second kappa shape index (κ2) is 6.95. The predicted octanol–water partition coefficient (Wildman–Crippen LogP) is 2.28. The smallest absolute Gasteiger partial charge is 0.255 e. The lowest BCUT2D eigenvalue weighted by Gasteiger charge is -2.29. The number of hydrogen-bond donors (Lipinski definition) is 2. The fraction of sp³-hybridized carbons (Fsp3) is 0.381. The van der Waals surface area contributed by atoms with Gasteiger partial charge < -0.3 is 10.2 Å². The highest BCUT2D eigenvalue weighted by atomic mass is 16.2. The molecule has 29 heavy (non-hydrogen) atoms. The Morgan fingerprint density at radius 1 is 1.17 bits per heavy atom. The minimum absolute atomic E-state index is 0.173. The number of carbonyl (C=O) groups excluding carboxylic acids is 3. The first kappa shape index (κ1) is 19.0. The summed E-state index contributed by atoms with van der Waals surface area (Å²) in [4.78, 5) is 46.9. The molecular formula is C21H23N5O3. The molecule has 2 aromatic rings. The summed E-state index contributed by atoms with van der Waals surface area (Å²) in [7, 11) is 0. The third-order valence-electron chi connectivity index (χ3n) is 5.13. The van der Waals surface area contributed by atoms with Gasteiger partial charge in [-0.2, -0.15) is 0 Å². The number of anilines is 2. The summed E-state index contributed by atoms with van der Waals surface area (Å²) < 4.78 is 0. The molecule has 1 aromatic heterocycles. The third-order valence-corrected chi connectivity index (χ3v) is 5.13. The van der Waals surface area contributed by atoms with Gasteiger partial charge in [0.2, 0.25) is 11.8 Å². The van der Waals surface area contributed by atoms with Crippen molar-refractivity contribution in [3.63, 3.8) is 0 Å². The van der Waals surface area contributed by atoms with Gasteiger partial charge in [0, 0.05) is 35.8 Å². The van der Waals surface area contributed by atoms with Crippen molar-refractivity contribution in [1.82, 2.24) is 20.2 Å². The fourth-order valence-electron chi connectivity index (χ4n) is 3.57. The lowest BCUT2D eigenvalue weighted by Crippen LogP contribution is -2.52. The molecule has 8 nitrogen and oxygen atoms in total. The molecule has 150 valence electrons. The van der Waals surface area contributed by atoms with Crippen LogP contribution in [0.15, 0.2) is 30.5 Å². The van der Waals surface area contributed by atoms with Crippen LogP contribution in [0.5, 0.6) is 0 Å². The van der Waals surface area contributed by atoms with Crippen LogP contribution < -0.4 is 10.6 Å². The van der Waals surface area contributed by atoms with E-state index in [0.29, 0.717) is 24.3 Å². The number of piperidine rings is 1. The molecule has 1 unspecified atom stereocenters. The van der Waals surface area contributed by atoms with Crippen LogP contribution in [0.2, 0.25) is 0 Å². The minimum atomic E-state index is -0.611. The lowest BCUT2D eigenvalue weighted by atomic mass is 9.96. The van der Waals surface area contributed by atoms with Crippen molar-refractivity contribution >= 4 is 29.2 Å². The van der Waals surface area contributed by atoms with Crippen LogP contribution in [0.4, 0.5) is 11.5 Å². The molecule has 3 heterocycles. The molecule has 8 heteroatoms. The summed E-state index contributed by atoms with van der Waals surface area (Å²) in [6, 6.07) is 6.72. The molecule has 4 rings (SSSR count). The van der Waals surface area contributed by atoms with Crippen molar-refractivity contribution in [2.45, 2.75) is 51.6 Å². The Labute approximate surface area is 168 Å². The number of benzene rings is 1. The van der Waals surface area contributed by atoms with Crippen molar-refractivity contribution in [3.8, 4) is 0 Å². The highest BCUT2D eigenvalue weighted by Crippen LogP contribution is 2.30. The molecule has 0 radical (unpaired) electrons. The van der Waals surface area contributed by atoms with Gasteiger partial charge in [-0.15, -0.1) is 0 Å². The fourth-order valence-corrected chi connectivity index (χ4v) is 3.57. The lowest BCUT2D eigenvalue weighted by molar-refractivity contribution is -0.136. The highest BCUT2D eigenvalue weighted by Gasteiger charge is 2.39. The minimum Gasteiger partial charge on any atom is -0.340 e. The maximum absolute atomic E-state index is 12.9. The standard InChI is InChI=1S/C21H23N5O3/c1-21(2,3)20-22-9-8-16(24-20)23-13-5-4-12-11-26(19(29)14(12)10-13)15-6-7-17(27)25-18(15)28/h4-5,8-10,15H,6-7,11H2,1-3H3,(H,22,23,24)(H,25,27,28). The average molecular weight is 393 g/mol. The van der Waals surface area contributed by atoms with E-state index in [1.807, 2.05) is 32.9 Å². The van der Waals surface area contributed by atoms with Crippen molar-refractivity contribution in [3.05, 3.63) is 47.4 Å². The third kappa shape index (κ3) is 3.70. The number of aromatic nitrogens is 2. The van der Waals surface area contributed by atoms with Gasteiger partial charge in [0.05, 0.1) is 0 Å². The molecule has 2 aliphatic heterocycles. The quantitative estimate of drug-likeness (QED) is 0.776. The van der Waals surface area contributed by atoms with Crippen molar-refractivity contribution in [2.24, 2.45) is 0 Å². The summed E-state index contributed by atoms with van der Waals surface area (Å²) in [5.74, 6) is 0.482. The molecular weight excluding hydrogens is 370 g/mol. The maximum atomic E-state index is 12.9. The number of hydrogen-bond acceptors (Lipinski definition) is 6. The summed E-state index contributed by atoms with van der Waals surface area (Å²) in [6.07, 6.45) is 2.30. The Hall–Kier alpha value is -3.29. The second-order valence-electron chi connectivity index (χ2n) is 8.41. The van der Waals surface area contributed by atoms with Crippen molar-refractivity contribution in [1.29, 1.82) is 0 Å². The topological polar surface area (TPSA) is 104 Å². The molecule has 1 saturated heterocycles. The molecule has 1 aromatic carbocycles. The van der Waals surface area contributed by atoms with E-state index < -0.39 is 11.9 Å². The van der Waals surface area contributed by atoms with Gasteiger partial charge in [-0.1, -0.05) is 26.8 Å². The van der Waals surface area contributed by atoms with Gasteiger partial charge in [-0.05, 0) is 30.2 Å². The summed E-state index contributed by atoms with van der Waals surface area (Å²) in [5, 5.41) is 5.55. The van der Waals surface area contributed by atoms with Crippen molar-refractivity contribution < 1.29 is 14.4 Å². The molecule has 0 saturated carbocycles. The predicted molar refractivity (Wildman–Crippen MR) is 107 cm³/mol. The van der Waals surface area contributed by atoms with Gasteiger partial charge in [0.15, 0.2) is 0 Å². The Kier molecular flexibility index (Phi) is 4.56. The Morgan fingerprint density at radius 3 is 2.69 bits per heavy atom. The first-order chi connectivity index (χ1) is 13.7. The van der Waals surface area contributed by atoms with Gasteiger partial charge in [-0.3, -0.25) is 19.7 Å². The first-order valence-corrected chi connectivity index (χ1v) is 9.60. The Balaban J connectivity index is 1.54. The number of amides is 3. The molecule has 0 aliphatic carbocycles. The SMILES string of the molecule is CC(C)(C)c1nccc(Nc2ccc3c(c2)C(=O)N(C2CCC(=O)NC2=O)C3)n1. The highest BCUT2D eigenvalue weighted by molar-refractivity contribution is 6.05. The first-order valence-electron chi connectivity index (χ1n) is 9.60. The molecule has 0 bridgehead atoms. The molecule has 2 aliphatic rings. The zero-order chi connectivity index (χ0) is 20.8. The molecule has 2 N–H and O–H groups in total. The van der Waals surface area contributed by atoms with Crippen LogP contribution in [0.1, 0.15) is 55.4 Å². The number of fused-ring (bicyclic) bond motifs is 1. The number of nitrogens with one attached hydrogen (secondary N) is 2. The number of rotatable bonds is 3. The summed E-state index contributed by atoms with van der Waals surface area (Å²) in [6.45, 7) is 6.50. The maximum Gasteiger partial charge on any atom is 0.255 e. The van der Waals surface area contributed by atoms with Crippen LogP contribution in [0.3, 0.4) is 0 Å². The van der Waals surface area contributed by atoms with E-state index >= 15 is 0 Å². The van der Waals surface area contributed by atoms with Crippen molar-refractivity contribution in [2.75, 3.05) is 5.32 Å². The van der Waals surface area contributed by atoms with Gasteiger partial charge in [0.1, 0.15) is 17.7 Å². The molecule has 1 fully saturated rings. The molecule has 1 atom stereocenters. The van der Waals surface area contributed by atoms with E-state index in [0.717, 1.165) is 17.1 Å². The average Bonchev–Trinajstić information content (AvgIpc) is 2.98. The molecule has 3 amide bonds. The summed E-state index contributed by atoms with van der Waals surface area (Å²) >= 11 is 0. The number of carbonyl (C=O) groups is 3. The monoisotopic (exact) mass is 393 g/mol. The van der Waals surface area contributed by atoms with E-state index in [-0.39, 0.29) is 23.7 Å². The Bertz CT molecular complexity index is 1010. The zero-order valence-electron chi connectivity index (χ0n) is 16.7. The van der Waals surface area contributed by atoms with E-state index in [9.17, 15) is 14.4 Å². The zero-order valence-corrected chi connectivity index (χ0v) is 16.7. The van der Waals surface area contributed by atoms with Crippen LogP contribution >= 0.6 is 0 Å². The second-order valence-corrected chi connectivity index (χ2v) is 8.41. The number of imide groups is 1. The van der Waals surface area contributed by atoms with E-state index in [1.165, 1.54) is 0 Å². The van der Waals surface area contributed by atoms with E-state index in [2.05, 4.69) is 20.6 Å². The van der Waals surface area contributed by atoms with Crippen LogP contribution in [0.25, 0.3) is 0 Å². The summed E-state index contributed by atoms with van der Waals surface area (Å²) in [5.41, 5.74) is 1.99. The number of nitrogens with zero attached hydrogens (tertiary/aromatic N) is 3. The van der Waals surface area contributed by atoms with Gasteiger partial charge in [-0.25, -0.2) is 9.97 Å². The molecule has 0 spiro atoms. The van der Waals surface area contributed by atoms with E-state index in [4.69, 9.17) is 0 Å². The van der Waals surface area contributed by atoms with Crippen LogP contribution in [-0.4, -0.2) is 38.6 Å². The largest absolute Gasteiger partial charge is 0.340 e. The van der Waals surface area contributed by atoms with Crippen LogP contribution in [-0.2, 0) is 21.5 Å². The van der Waals surface area contributed by atoms with Gasteiger partial charge in [0.25, 0.3) is 5.91 Å². The van der Waals surface area contributed by atoms with Gasteiger partial charge >= 0.3 is 0 Å².